The minimum absolute atomic E-state index is 0.0161. The molecule has 0 heterocycles. The predicted octanol–water partition coefficient (Wildman–Crippen LogP) is 2.89. The van der Waals surface area contributed by atoms with Crippen LogP contribution in [-0.2, 0) is 20.0 Å². The first kappa shape index (κ1) is 18.2. The molecule has 1 fully saturated rings. The van der Waals surface area contributed by atoms with Gasteiger partial charge in [-0.15, -0.1) is 0 Å². The zero-order chi connectivity index (χ0) is 18.2. The lowest BCUT2D eigenvalue weighted by molar-refractivity contribution is 0.580. The number of anilines is 1. The van der Waals surface area contributed by atoms with Gasteiger partial charge in [0.05, 0.1) is 15.5 Å². The van der Waals surface area contributed by atoms with Crippen molar-refractivity contribution >= 4 is 37.3 Å². The molecule has 0 spiro atoms. The van der Waals surface area contributed by atoms with E-state index in [-0.39, 0.29) is 21.5 Å². The maximum atomic E-state index is 12.6. The summed E-state index contributed by atoms with van der Waals surface area (Å²) in [7, 11) is -7.55. The van der Waals surface area contributed by atoms with E-state index in [2.05, 4.69) is 9.44 Å². The van der Waals surface area contributed by atoms with E-state index in [1.807, 2.05) is 0 Å². The van der Waals surface area contributed by atoms with Crippen LogP contribution in [0.1, 0.15) is 18.4 Å². The zero-order valence-corrected chi connectivity index (χ0v) is 15.7. The molecular formula is C16H17ClN2O4S2. The van der Waals surface area contributed by atoms with Gasteiger partial charge in [0.1, 0.15) is 0 Å². The van der Waals surface area contributed by atoms with Crippen LogP contribution in [0, 0.1) is 6.92 Å². The van der Waals surface area contributed by atoms with Crippen LogP contribution in [0.25, 0.3) is 0 Å². The summed E-state index contributed by atoms with van der Waals surface area (Å²) in [5.41, 5.74) is 0.703. The highest BCUT2D eigenvalue weighted by Crippen LogP contribution is 2.25. The van der Waals surface area contributed by atoms with Crippen molar-refractivity contribution in [3.05, 3.63) is 53.1 Å². The van der Waals surface area contributed by atoms with Crippen LogP contribution < -0.4 is 9.44 Å². The Labute approximate surface area is 152 Å². The van der Waals surface area contributed by atoms with E-state index in [0.29, 0.717) is 10.6 Å². The largest absolute Gasteiger partial charge is 0.280 e. The molecule has 0 amide bonds. The van der Waals surface area contributed by atoms with E-state index in [4.69, 9.17) is 11.6 Å². The molecule has 9 heteroatoms. The highest BCUT2D eigenvalue weighted by Gasteiger charge is 2.28. The molecule has 0 atom stereocenters. The maximum absolute atomic E-state index is 12.6. The predicted molar refractivity (Wildman–Crippen MR) is 96.8 cm³/mol. The molecule has 0 radical (unpaired) electrons. The molecule has 0 aliphatic heterocycles. The van der Waals surface area contributed by atoms with E-state index in [9.17, 15) is 16.8 Å². The van der Waals surface area contributed by atoms with Gasteiger partial charge in [-0.3, -0.25) is 4.72 Å². The average molecular weight is 401 g/mol. The molecular weight excluding hydrogens is 384 g/mol. The minimum atomic E-state index is -3.89. The Kier molecular flexibility index (Phi) is 4.80. The van der Waals surface area contributed by atoms with Crippen molar-refractivity contribution in [1.29, 1.82) is 0 Å². The Bertz CT molecular complexity index is 1020. The first-order valence-corrected chi connectivity index (χ1v) is 10.9. The molecule has 3 rings (SSSR count). The van der Waals surface area contributed by atoms with E-state index < -0.39 is 20.0 Å². The number of rotatable bonds is 6. The van der Waals surface area contributed by atoms with Gasteiger partial charge in [0, 0.05) is 11.1 Å². The van der Waals surface area contributed by atoms with E-state index >= 15 is 0 Å². The Morgan fingerprint density at radius 3 is 2.40 bits per heavy atom. The van der Waals surface area contributed by atoms with Crippen molar-refractivity contribution in [2.45, 2.75) is 35.6 Å². The smallest absolute Gasteiger partial charge is 0.262 e. The summed E-state index contributed by atoms with van der Waals surface area (Å²) < 4.78 is 54.7. The summed E-state index contributed by atoms with van der Waals surface area (Å²) in [6, 6.07) is 10.2. The van der Waals surface area contributed by atoms with Gasteiger partial charge in [-0.05, 0) is 55.7 Å². The Morgan fingerprint density at radius 1 is 1.00 bits per heavy atom. The number of aryl methyl sites for hydroxylation is 1. The van der Waals surface area contributed by atoms with Crippen LogP contribution in [0.4, 0.5) is 5.69 Å². The molecule has 25 heavy (non-hydrogen) atoms. The number of hydrogen-bond donors (Lipinski definition) is 2. The van der Waals surface area contributed by atoms with Crippen molar-refractivity contribution in [2.75, 3.05) is 4.72 Å². The molecule has 2 aromatic rings. The van der Waals surface area contributed by atoms with Gasteiger partial charge in [-0.25, -0.2) is 21.6 Å². The molecule has 0 saturated heterocycles. The number of halogens is 1. The van der Waals surface area contributed by atoms with Crippen LogP contribution >= 0.6 is 11.6 Å². The zero-order valence-electron chi connectivity index (χ0n) is 13.4. The van der Waals surface area contributed by atoms with Crippen molar-refractivity contribution < 1.29 is 16.8 Å². The SMILES string of the molecule is Cc1ccc(Cl)cc1S(=O)(=O)Nc1cccc(S(=O)(=O)NC2CC2)c1. The van der Waals surface area contributed by atoms with Gasteiger partial charge in [-0.1, -0.05) is 23.7 Å². The second-order valence-electron chi connectivity index (χ2n) is 5.94. The first-order chi connectivity index (χ1) is 11.7. The molecule has 2 N–H and O–H groups in total. The number of sulfonamides is 2. The van der Waals surface area contributed by atoms with Crippen LogP contribution in [-0.4, -0.2) is 22.9 Å². The van der Waals surface area contributed by atoms with Crippen LogP contribution in [0.15, 0.2) is 52.3 Å². The molecule has 1 saturated carbocycles. The van der Waals surface area contributed by atoms with Gasteiger partial charge >= 0.3 is 0 Å². The Balaban J connectivity index is 1.90. The van der Waals surface area contributed by atoms with Crippen molar-refractivity contribution in [1.82, 2.24) is 4.72 Å². The summed E-state index contributed by atoms with van der Waals surface area (Å²) in [4.78, 5) is 0.0618. The van der Waals surface area contributed by atoms with Gasteiger partial charge in [-0.2, -0.15) is 0 Å². The molecule has 1 aliphatic carbocycles. The minimum Gasteiger partial charge on any atom is -0.280 e. The van der Waals surface area contributed by atoms with Gasteiger partial charge in [0.15, 0.2) is 0 Å². The molecule has 0 aromatic heterocycles. The maximum Gasteiger partial charge on any atom is 0.262 e. The lowest BCUT2D eigenvalue weighted by Gasteiger charge is -2.12. The third-order valence-electron chi connectivity index (χ3n) is 3.74. The average Bonchev–Trinajstić information content (AvgIpc) is 3.33. The highest BCUT2D eigenvalue weighted by molar-refractivity contribution is 7.92. The highest BCUT2D eigenvalue weighted by atomic mass is 35.5. The standard InChI is InChI=1S/C16H17ClN2O4S2/c1-11-5-6-12(17)9-16(11)25(22,23)19-14-3-2-4-15(10-14)24(20,21)18-13-7-8-13/h2-6,9-10,13,18-19H,7-8H2,1H3. The molecule has 1 aliphatic rings. The summed E-state index contributed by atoms with van der Waals surface area (Å²) in [6.45, 7) is 1.66. The van der Waals surface area contributed by atoms with Crippen molar-refractivity contribution in [3.8, 4) is 0 Å². The summed E-state index contributed by atoms with van der Waals surface area (Å²) >= 11 is 5.89. The van der Waals surface area contributed by atoms with E-state index in [1.165, 1.54) is 30.3 Å². The number of benzene rings is 2. The summed E-state index contributed by atoms with van der Waals surface area (Å²) in [5.74, 6) is 0. The fraction of sp³-hybridized carbons (Fsp3) is 0.250. The third kappa shape index (κ3) is 4.33. The second-order valence-corrected chi connectivity index (χ2v) is 9.74. The first-order valence-electron chi connectivity index (χ1n) is 7.59. The van der Waals surface area contributed by atoms with Gasteiger partial charge < -0.3 is 0 Å². The number of hydrogen-bond acceptors (Lipinski definition) is 4. The summed E-state index contributed by atoms with van der Waals surface area (Å²) in [5, 5.41) is 0.302. The van der Waals surface area contributed by atoms with Crippen molar-refractivity contribution in [2.24, 2.45) is 0 Å². The van der Waals surface area contributed by atoms with Crippen molar-refractivity contribution in [3.63, 3.8) is 0 Å². The topological polar surface area (TPSA) is 92.3 Å². The monoisotopic (exact) mass is 400 g/mol. The molecule has 6 nitrogen and oxygen atoms in total. The third-order valence-corrected chi connectivity index (χ3v) is 7.01. The normalized spacial score (nSPS) is 15.1. The van der Waals surface area contributed by atoms with E-state index in [0.717, 1.165) is 12.8 Å². The Morgan fingerprint density at radius 2 is 1.72 bits per heavy atom. The molecule has 2 aromatic carbocycles. The lowest BCUT2D eigenvalue weighted by Crippen LogP contribution is -2.25. The lowest BCUT2D eigenvalue weighted by atomic mass is 10.2. The number of nitrogens with one attached hydrogen (secondary N) is 2. The molecule has 0 unspecified atom stereocenters. The van der Waals surface area contributed by atoms with Crippen LogP contribution in [0.5, 0.6) is 0 Å². The molecule has 0 bridgehead atoms. The fourth-order valence-electron chi connectivity index (χ4n) is 2.29. The van der Waals surface area contributed by atoms with E-state index in [1.54, 1.807) is 19.1 Å². The van der Waals surface area contributed by atoms with Crippen LogP contribution in [0.2, 0.25) is 5.02 Å². The van der Waals surface area contributed by atoms with Crippen LogP contribution in [0.3, 0.4) is 0 Å². The summed E-state index contributed by atoms with van der Waals surface area (Å²) in [6.07, 6.45) is 1.64. The second kappa shape index (κ2) is 6.60. The quantitative estimate of drug-likeness (QED) is 0.779. The fourth-order valence-corrected chi connectivity index (χ4v) is 5.20. The van der Waals surface area contributed by atoms with Gasteiger partial charge in [0.2, 0.25) is 10.0 Å². The molecule has 134 valence electrons. The van der Waals surface area contributed by atoms with Gasteiger partial charge in [0.25, 0.3) is 10.0 Å². The Hall–Kier alpha value is -1.61.